The van der Waals surface area contributed by atoms with Crippen LogP contribution in [0.5, 0.6) is 0 Å². The van der Waals surface area contributed by atoms with Crippen molar-refractivity contribution in [2.24, 2.45) is 7.05 Å². The maximum Gasteiger partial charge on any atom is 0.405 e. The van der Waals surface area contributed by atoms with Gasteiger partial charge in [-0.1, -0.05) is 69.3 Å². The molecule has 0 fully saturated rings. The maximum atomic E-state index is 11.3. The number of benzene rings is 2. The molecule has 0 saturated heterocycles. The second-order valence-corrected chi connectivity index (χ2v) is 7.85. The van der Waals surface area contributed by atoms with Crippen LogP contribution in [0.1, 0.15) is 43.8 Å². The fourth-order valence-electron chi connectivity index (χ4n) is 3.37. The third-order valence-corrected chi connectivity index (χ3v) is 4.71. The molecule has 0 radical (unpaired) electrons. The summed E-state index contributed by atoms with van der Waals surface area (Å²) in [6.07, 6.45) is -0.645. The van der Waals surface area contributed by atoms with Gasteiger partial charge in [0.05, 0.1) is 6.04 Å². The summed E-state index contributed by atoms with van der Waals surface area (Å²) in [5, 5.41) is 23.3. The Morgan fingerprint density at radius 1 is 1.14 bits per heavy atom. The SMILES string of the molecule is Cn1nnnc1C(Cc1ccc(-c2ccccc2)cc1C(C)(C)C)NC(=O)O. The summed E-state index contributed by atoms with van der Waals surface area (Å²) in [6, 6.07) is 16.0. The van der Waals surface area contributed by atoms with Gasteiger partial charge in [-0.05, 0) is 38.1 Å². The topological polar surface area (TPSA) is 92.9 Å². The Hall–Kier alpha value is -3.22. The van der Waals surface area contributed by atoms with Gasteiger partial charge in [0, 0.05) is 13.5 Å². The predicted octanol–water partition coefficient (Wildman–Crippen LogP) is 3.73. The molecule has 3 rings (SSSR count). The fourth-order valence-corrected chi connectivity index (χ4v) is 3.37. The van der Waals surface area contributed by atoms with Crippen molar-refractivity contribution in [1.29, 1.82) is 0 Å². The third-order valence-electron chi connectivity index (χ3n) is 4.71. The van der Waals surface area contributed by atoms with Gasteiger partial charge in [-0.2, -0.15) is 0 Å². The van der Waals surface area contributed by atoms with Crippen molar-refractivity contribution in [3.05, 3.63) is 65.5 Å². The van der Waals surface area contributed by atoms with E-state index in [4.69, 9.17) is 0 Å². The van der Waals surface area contributed by atoms with Gasteiger partial charge in [-0.15, -0.1) is 5.10 Å². The van der Waals surface area contributed by atoms with Crippen molar-refractivity contribution < 1.29 is 9.90 Å². The van der Waals surface area contributed by atoms with E-state index < -0.39 is 12.1 Å². The standard InChI is InChI=1S/C21H25N5O2/c1-21(2,3)17-12-15(14-8-6-5-7-9-14)10-11-16(17)13-18(22-20(27)28)19-23-24-25-26(19)4/h5-12,18,22H,13H2,1-4H3,(H,27,28). The number of nitrogens with zero attached hydrogens (tertiary/aromatic N) is 4. The lowest BCUT2D eigenvalue weighted by atomic mass is 9.80. The molecule has 2 aromatic carbocycles. The molecule has 0 bridgehead atoms. The normalized spacial score (nSPS) is 12.6. The van der Waals surface area contributed by atoms with Crippen LogP contribution in [0.3, 0.4) is 0 Å². The van der Waals surface area contributed by atoms with Crippen molar-refractivity contribution in [3.8, 4) is 11.1 Å². The summed E-state index contributed by atoms with van der Waals surface area (Å²) in [4.78, 5) is 11.3. The Kier molecular flexibility index (Phi) is 5.44. The highest BCUT2D eigenvalue weighted by Gasteiger charge is 2.25. The monoisotopic (exact) mass is 379 g/mol. The largest absolute Gasteiger partial charge is 0.465 e. The Labute approximate surface area is 164 Å². The molecule has 7 heteroatoms. The van der Waals surface area contributed by atoms with E-state index in [2.05, 4.69) is 71.9 Å². The molecule has 146 valence electrons. The molecule has 7 nitrogen and oxygen atoms in total. The maximum absolute atomic E-state index is 11.3. The minimum atomic E-state index is -1.11. The van der Waals surface area contributed by atoms with E-state index >= 15 is 0 Å². The molecule has 1 amide bonds. The summed E-state index contributed by atoms with van der Waals surface area (Å²) < 4.78 is 1.50. The van der Waals surface area contributed by atoms with Crippen molar-refractivity contribution in [2.45, 2.75) is 38.6 Å². The molecule has 1 aromatic heterocycles. The quantitative estimate of drug-likeness (QED) is 0.705. The highest BCUT2D eigenvalue weighted by molar-refractivity contribution is 5.66. The number of hydrogen-bond acceptors (Lipinski definition) is 4. The van der Waals surface area contributed by atoms with Gasteiger partial charge < -0.3 is 10.4 Å². The average molecular weight is 379 g/mol. The van der Waals surface area contributed by atoms with Crippen LogP contribution in [0, 0.1) is 0 Å². The Bertz CT molecular complexity index is 960. The van der Waals surface area contributed by atoms with E-state index in [9.17, 15) is 9.90 Å². The van der Waals surface area contributed by atoms with Gasteiger partial charge in [0.25, 0.3) is 0 Å². The molecular formula is C21H25N5O2. The predicted molar refractivity (Wildman–Crippen MR) is 107 cm³/mol. The van der Waals surface area contributed by atoms with Gasteiger partial charge in [-0.25, -0.2) is 9.48 Å². The molecule has 0 aliphatic carbocycles. The van der Waals surface area contributed by atoms with Crippen LogP contribution < -0.4 is 5.32 Å². The van der Waals surface area contributed by atoms with E-state index in [1.54, 1.807) is 7.05 Å². The van der Waals surface area contributed by atoms with Crippen molar-refractivity contribution in [3.63, 3.8) is 0 Å². The molecule has 1 unspecified atom stereocenters. The first-order valence-corrected chi connectivity index (χ1v) is 9.16. The number of aromatic nitrogens is 4. The number of carboxylic acid groups (broad SMARTS) is 1. The number of hydrogen-bond donors (Lipinski definition) is 2. The van der Waals surface area contributed by atoms with Gasteiger partial charge in [0.1, 0.15) is 0 Å². The molecule has 0 aliphatic heterocycles. The van der Waals surface area contributed by atoms with Gasteiger partial charge in [-0.3, -0.25) is 0 Å². The number of tetrazole rings is 1. The van der Waals surface area contributed by atoms with Crippen molar-refractivity contribution in [1.82, 2.24) is 25.5 Å². The van der Waals surface area contributed by atoms with Crippen LogP contribution in [0.25, 0.3) is 11.1 Å². The Morgan fingerprint density at radius 2 is 1.86 bits per heavy atom. The molecule has 1 heterocycles. The van der Waals surface area contributed by atoms with Crippen LogP contribution in [0.4, 0.5) is 4.79 Å². The van der Waals surface area contributed by atoms with Gasteiger partial charge in [0.2, 0.25) is 0 Å². The minimum absolute atomic E-state index is 0.105. The van der Waals surface area contributed by atoms with Crippen LogP contribution in [0.2, 0.25) is 0 Å². The highest BCUT2D eigenvalue weighted by Crippen LogP contribution is 2.32. The van der Waals surface area contributed by atoms with E-state index in [-0.39, 0.29) is 5.41 Å². The first kappa shape index (κ1) is 19.5. The zero-order valence-electron chi connectivity index (χ0n) is 16.5. The summed E-state index contributed by atoms with van der Waals surface area (Å²) in [5.74, 6) is 0.481. The third kappa shape index (κ3) is 4.36. The lowest BCUT2D eigenvalue weighted by Gasteiger charge is -2.26. The van der Waals surface area contributed by atoms with Crippen LogP contribution in [0.15, 0.2) is 48.5 Å². The number of aryl methyl sites for hydroxylation is 1. The van der Waals surface area contributed by atoms with Crippen LogP contribution in [-0.2, 0) is 18.9 Å². The van der Waals surface area contributed by atoms with E-state index in [1.165, 1.54) is 10.2 Å². The van der Waals surface area contributed by atoms with Crippen LogP contribution in [-0.4, -0.2) is 31.4 Å². The molecule has 1 atom stereocenters. The Morgan fingerprint density at radius 3 is 2.43 bits per heavy atom. The fraction of sp³-hybridized carbons (Fsp3) is 0.333. The summed E-state index contributed by atoms with van der Waals surface area (Å²) in [7, 11) is 1.70. The molecule has 28 heavy (non-hydrogen) atoms. The molecule has 0 spiro atoms. The van der Waals surface area contributed by atoms with E-state index in [0.29, 0.717) is 12.2 Å². The molecular weight excluding hydrogens is 354 g/mol. The molecule has 0 aliphatic rings. The van der Waals surface area contributed by atoms with Crippen molar-refractivity contribution >= 4 is 6.09 Å². The second kappa shape index (κ2) is 7.80. The van der Waals surface area contributed by atoms with Crippen LogP contribution >= 0.6 is 0 Å². The first-order valence-electron chi connectivity index (χ1n) is 9.16. The molecule has 3 aromatic rings. The average Bonchev–Trinajstić information content (AvgIpc) is 3.07. The highest BCUT2D eigenvalue weighted by atomic mass is 16.4. The van der Waals surface area contributed by atoms with E-state index in [1.807, 2.05) is 18.2 Å². The van der Waals surface area contributed by atoms with Gasteiger partial charge in [0.15, 0.2) is 5.82 Å². The number of nitrogens with one attached hydrogen (secondary N) is 1. The molecule has 2 N–H and O–H groups in total. The van der Waals surface area contributed by atoms with Gasteiger partial charge >= 0.3 is 6.09 Å². The zero-order chi connectivity index (χ0) is 20.3. The van der Waals surface area contributed by atoms with E-state index in [0.717, 1.165) is 16.7 Å². The Balaban J connectivity index is 2.02. The first-order chi connectivity index (χ1) is 13.3. The lowest BCUT2D eigenvalue weighted by Crippen LogP contribution is -2.31. The summed E-state index contributed by atoms with van der Waals surface area (Å²) >= 11 is 0. The number of carbonyl (C=O) groups is 1. The molecule has 0 saturated carbocycles. The number of rotatable bonds is 5. The summed E-state index contributed by atoms with van der Waals surface area (Å²) in [6.45, 7) is 6.47. The lowest BCUT2D eigenvalue weighted by molar-refractivity contribution is 0.189. The number of amides is 1. The zero-order valence-corrected chi connectivity index (χ0v) is 16.5. The van der Waals surface area contributed by atoms with Crippen molar-refractivity contribution in [2.75, 3.05) is 0 Å². The minimum Gasteiger partial charge on any atom is -0.465 e. The smallest absolute Gasteiger partial charge is 0.405 e. The summed E-state index contributed by atoms with van der Waals surface area (Å²) in [5.41, 5.74) is 4.41. The second-order valence-electron chi connectivity index (χ2n) is 7.85.